The molecule has 0 saturated carbocycles. The van der Waals surface area contributed by atoms with Crippen molar-refractivity contribution in [2.24, 2.45) is 0 Å². The molecule has 1 N–H and O–H groups in total. The zero-order valence-corrected chi connectivity index (χ0v) is 13.3. The number of piperidine rings is 1. The van der Waals surface area contributed by atoms with Gasteiger partial charge in [0.2, 0.25) is 11.8 Å². The minimum absolute atomic E-state index is 0.0165. The average Bonchev–Trinajstić information content (AvgIpc) is 2.55. The van der Waals surface area contributed by atoms with Crippen LogP contribution < -0.4 is 10.1 Å². The summed E-state index contributed by atoms with van der Waals surface area (Å²) in [5.74, 6) is 0.642. The van der Waals surface area contributed by atoms with Gasteiger partial charge in [0, 0.05) is 13.1 Å². The van der Waals surface area contributed by atoms with Crippen LogP contribution in [-0.4, -0.2) is 43.0 Å². The molecule has 1 fully saturated rings. The molecule has 1 aromatic carbocycles. The lowest BCUT2D eigenvalue weighted by atomic mass is 10.1. The van der Waals surface area contributed by atoms with Gasteiger partial charge in [-0.1, -0.05) is 12.1 Å². The number of rotatable bonds is 5. The van der Waals surface area contributed by atoms with Crippen LogP contribution in [0.15, 0.2) is 24.3 Å². The fourth-order valence-corrected chi connectivity index (χ4v) is 2.67. The summed E-state index contributed by atoms with van der Waals surface area (Å²) in [7, 11) is 1.61. The van der Waals surface area contributed by atoms with E-state index in [9.17, 15) is 9.59 Å². The maximum atomic E-state index is 12.3. The van der Waals surface area contributed by atoms with Crippen LogP contribution in [0.5, 0.6) is 5.75 Å². The Kier molecular flexibility index (Phi) is 5.81. The highest BCUT2D eigenvalue weighted by Crippen LogP contribution is 2.12. The molecule has 22 heavy (non-hydrogen) atoms. The molecular weight excluding hydrogens is 280 g/mol. The average molecular weight is 304 g/mol. The van der Waals surface area contributed by atoms with Gasteiger partial charge in [-0.2, -0.15) is 0 Å². The summed E-state index contributed by atoms with van der Waals surface area (Å²) >= 11 is 0. The number of carbonyl (C=O) groups is 2. The van der Waals surface area contributed by atoms with Crippen LogP contribution in [0.1, 0.15) is 31.7 Å². The fraction of sp³-hybridized carbons (Fsp3) is 0.529. The molecule has 0 bridgehead atoms. The van der Waals surface area contributed by atoms with E-state index in [0.29, 0.717) is 0 Å². The van der Waals surface area contributed by atoms with Crippen molar-refractivity contribution in [3.05, 3.63) is 29.8 Å². The van der Waals surface area contributed by atoms with Crippen LogP contribution in [0.3, 0.4) is 0 Å². The van der Waals surface area contributed by atoms with Gasteiger partial charge < -0.3 is 15.0 Å². The second-order valence-electron chi connectivity index (χ2n) is 5.70. The molecule has 1 aliphatic heterocycles. The molecular formula is C17H24N2O3. The summed E-state index contributed by atoms with van der Waals surface area (Å²) in [5.41, 5.74) is 0.899. The molecule has 1 aliphatic rings. The normalized spacial score (nSPS) is 16.0. The SMILES string of the molecule is COc1ccc(CC(=O)NC(C)C(=O)N2CCCCC2)cc1. The summed E-state index contributed by atoms with van der Waals surface area (Å²) < 4.78 is 5.09. The third-order valence-electron chi connectivity index (χ3n) is 3.94. The van der Waals surface area contributed by atoms with Crippen molar-refractivity contribution in [1.82, 2.24) is 10.2 Å². The molecule has 1 unspecified atom stereocenters. The molecule has 0 aromatic heterocycles. The van der Waals surface area contributed by atoms with Gasteiger partial charge in [-0.25, -0.2) is 0 Å². The molecule has 0 spiro atoms. The van der Waals surface area contributed by atoms with E-state index >= 15 is 0 Å². The summed E-state index contributed by atoms with van der Waals surface area (Å²) in [4.78, 5) is 26.2. The van der Waals surface area contributed by atoms with Crippen LogP contribution in [0.25, 0.3) is 0 Å². The predicted molar refractivity (Wildman–Crippen MR) is 84.7 cm³/mol. The first kappa shape index (κ1) is 16.3. The third-order valence-corrected chi connectivity index (χ3v) is 3.94. The Morgan fingerprint density at radius 3 is 2.41 bits per heavy atom. The lowest BCUT2D eigenvalue weighted by Crippen LogP contribution is -2.48. The fourth-order valence-electron chi connectivity index (χ4n) is 2.67. The van der Waals surface area contributed by atoms with E-state index in [-0.39, 0.29) is 18.2 Å². The van der Waals surface area contributed by atoms with Gasteiger partial charge in [0.05, 0.1) is 13.5 Å². The summed E-state index contributed by atoms with van der Waals surface area (Å²) in [6.07, 6.45) is 3.56. The number of likely N-dealkylation sites (tertiary alicyclic amines) is 1. The number of ether oxygens (including phenoxy) is 1. The first-order valence-corrected chi connectivity index (χ1v) is 7.81. The monoisotopic (exact) mass is 304 g/mol. The largest absolute Gasteiger partial charge is 0.497 e. The second-order valence-corrected chi connectivity index (χ2v) is 5.70. The highest BCUT2D eigenvalue weighted by atomic mass is 16.5. The van der Waals surface area contributed by atoms with Gasteiger partial charge in [0.25, 0.3) is 0 Å². The van der Waals surface area contributed by atoms with Gasteiger partial charge in [-0.15, -0.1) is 0 Å². The molecule has 2 rings (SSSR count). The lowest BCUT2D eigenvalue weighted by molar-refractivity contribution is -0.136. The Hall–Kier alpha value is -2.04. The summed E-state index contributed by atoms with van der Waals surface area (Å²) in [5, 5.41) is 2.79. The number of nitrogens with one attached hydrogen (secondary N) is 1. The Labute approximate surface area is 131 Å². The van der Waals surface area contributed by atoms with Gasteiger partial charge in [-0.05, 0) is 43.9 Å². The minimum atomic E-state index is -0.469. The quantitative estimate of drug-likeness (QED) is 0.901. The smallest absolute Gasteiger partial charge is 0.244 e. The van der Waals surface area contributed by atoms with E-state index in [1.807, 2.05) is 29.2 Å². The zero-order chi connectivity index (χ0) is 15.9. The van der Waals surface area contributed by atoms with Crippen LogP contribution in [0, 0.1) is 0 Å². The zero-order valence-electron chi connectivity index (χ0n) is 13.3. The van der Waals surface area contributed by atoms with Gasteiger partial charge >= 0.3 is 0 Å². The number of hydrogen-bond donors (Lipinski definition) is 1. The van der Waals surface area contributed by atoms with Crippen molar-refractivity contribution in [2.45, 2.75) is 38.6 Å². The first-order valence-electron chi connectivity index (χ1n) is 7.81. The Morgan fingerprint density at radius 1 is 1.18 bits per heavy atom. The maximum Gasteiger partial charge on any atom is 0.244 e. The van der Waals surface area contributed by atoms with Gasteiger partial charge in [-0.3, -0.25) is 9.59 Å². The number of amides is 2. The van der Waals surface area contributed by atoms with Crippen LogP contribution >= 0.6 is 0 Å². The van der Waals surface area contributed by atoms with E-state index in [1.54, 1.807) is 14.0 Å². The number of methoxy groups -OCH3 is 1. The maximum absolute atomic E-state index is 12.3. The standard InChI is InChI=1S/C17H24N2O3/c1-13(17(21)19-10-4-3-5-11-19)18-16(20)12-14-6-8-15(22-2)9-7-14/h6-9,13H,3-5,10-12H2,1-2H3,(H,18,20). The first-order chi connectivity index (χ1) is 10.6. The highest BCUT2D eigenvalue weighted by Gasteiger charge is 2.23. The Bertz CT molecular complexity index is 507. The van der Waals surface area contributed by atoms with Crippen LogP contribution in [0.4, 0.5) is 0 Å². The van der Waals surface area contributed by atoms with Crippen molar-refractivity contribution in [3.63, 3.8) is 0 Å². The molecule has 0 radical (unpaired) electrons. The number of benzene rings is 1. The van der Waals surface area contributed by atoms with E-state index in [1.165, 1.54) is 6.42 Å². The molecule has 1 atom stereocenters. The van der Waals surface area contributed by atoms with Crippen molar-refractivity contribution < 1.29 is 14.3 Å². The van der Waals surface area contributed by atoms with Crippen LogP contribution in [0.2, 0.25) is 0 Å². The number of nitrogens with zero attached hydrogens (tertiary/aromatic N) is 1. The summed E-state index contributed by atoms with van der Waals surface area (Å²) in [6, 6.07) is 6.89. The van der Waals surface area contributed by atoms with E-state index in [4.69, 9.17) is 4.74 Å². The summed E-state index contributed by atoms with van der Waals surface area (Å²) in [6.45, 7) is 3.36. The molecule has 1 heterocycles. The number of carbonyl (C=O) groups excluding carboxylic acids is 2. The van der Waals surface area contributed by atoms with Crippen molar-refractivity contribution in [3.8, 4) is 5.75 Å². The van der Waals surface area contributed by atoms with E-state index in [2.05, 4.69) is 5.32 Å². The second kappa shape index (κ2) is 7.82. The number of hydrogen-bond acceptors (Lipinski definition) is 3. The lowest BCUT2D eigenvalue weighted by Gasteiger charge is -2.29. The molecule has 5 nitrogen and oxygen atoms in total. The van der Waals surface area contributed by atoms with Crippen molar-refractivity contribution >= 4 is 11.8 Å². The van der Waals surface area contributed by atoms with E-state index in [0.717, 1.165) is 37.2 Å². The van der Waals surface area contributed by atoms with E-state index < -0.39 is 6.04 Å². The highest BCUT2D eigenvalue weighted by molar-refractivity contribution is 5.88. The topological polar surface area (TPSA) is 58.6 Å². The third kappa shape index (κ3) is 4.48. The predicted octanol–water partition coefficient (Wildman–Crippen LogP) is 1.75. The van der Waals surface area contributed by atoms with Crippen molar-refractivity contribution in [1.29, 1.82) is 0 Å². The Morgan fingerprint density at radius 2 is 1.82 bits per heavy atom. The molecule has 120 valence electrons. The molecule has 0 aliphatic carbocycles. The Balaban J connectivity index is 1.83. The molecule has 1 saturated heterocycles. The molecule has 1 aromatic rings. The molecule has 5 heteroatoms. The van der Waals surface area contributed by atoms with Gasteiger partial charge in [0.15, 0.2) is 0 Å². The van der Waals surface area contributed by atoms with Gasteiger partial charge in [0.1, 0.15) is 11.8 Å². The minimum Gasteiger partial charge on any atom is -0.497 e. The van der Waals surface area contributed by atoms with Crippen LogP contribution in [-0.2, 0) is 16.0 Å². The van der Waals surface area contributed by atoms with Crippen molar-refractivity contribution in [2.75, 3.05) is 20.2 Å². The molecule has 2 amide bonds.